The van der Waals surface area contributed by atoms with Crippen LogP contribution in [0.15, 0.2) is 24.3 Å². The van der Waals surface area contributed by atoms with Gasteiger partial charge in [-0.05, 0) is 49.4 Å². The minimum Gasteiger partial charge on any atom is -0.406 e. The first-order chi connectivity index (χ1) is 9.39. The second-order valence-corrected chi connectivity index (χ2v) is 5.56. The van der Waals surface area contributed by atoms with Gasteiger partial charge in [0.2, 0.25) is 0 Å². The average Bonchev–Trinajstić information content (AvgIpc) is 2.75. The fourth-order valence-electron chi connectivity index (χ4n) is 3.13. The van der Waals surface area contributed by atoms with E-state index in [1.165, 1.54) is 18.6 Å². The van der Waals surface area contributed by atoms with Crippen LogP contribution in [0.1, 0.15) is 37.8 Å². The average molecular weight is 287 g/mol. The van der Waals surface area contributed by atoms with Gasteiger partial charge in [0.15, 0.2) is 0 Å². The van der Waals surface area contributed by atoms with Gasteiger partial charge in [-0.3, -0.25) is 0 Å². The first kappa shape index (κ1) is 15.2. The smallest absolute Gasteiger partial charge is 0.406 e. The van der Waals surface area contributed by atoms with Crippen LogP contribution in [0.4, 0.5) is 13.2 Å². The molecule has 1 aromatic carbocycles. The van der Waals surface area contributed by atoms with Crippen molar-refractivity contribution >= 4 is 0 Å². The third-order valence-electron chi connectivity index (χ3n) is 3.97. The Bertz CT molecular complexity index is 447. The SMILES string of the molecule is CNC(c1cccc(OC(F)(F)F)c1)C1CCC(C)C1. The summed E-state index contributed by atoms with van der Waals surface area (Å²) in [4.78, 5) is 0. The summed E-state index contributed by atoms with van der Waals surface area (Å²) >= 11 is 0. The zero-order chi connectivity index (χ0) is 14.8. The third-order valence-corrected chi connectivity index (χ3v) is 3.97. The molecule has 0 amide bonds. The van der Waals surface area contributed by atoms with Crippen LogP contribution in [0, 0.1) is 11.8 Å². The van der Waals surface area contributed by atoms with Gasteiger partial charge < -0.3 is 10.1 Å². The van der Waals surface area contributed by atoms with E-state index in [9.17, 15) is 13.2 Å². The molecule has 2 nitrogen and oxygen atoms in total. The van der Waals surface area contributed by atoms with Crippen molar-refractivity contribution in [1.82, 2.24) is 5.32 Å². The van der Waals surface area contributed by atoms with E-state index in [1.807, 2.05) is 13.1 Å². The van der Waals surface area contributed by atoms with Crippen molar-refractivity contribution in [3.63, 3.8) is 0 Å². The lowest BCUT2D eigenvalue weighted by Gasteiger charge is -2.24. The van der Waals surface area contributed by atoms with Gasteiger partial charge in [0, 0.05) is 6.04 Å². The van der Waals surface area contributed by atoms with Gasteiger partial charge in [-0.25, -0.2) is 0 Å². The number of rotatable bonds is 4. The maximum atomic E-state index is 12.3. The van der Waals surface area contributed by atoms with E-state index in [4.69, 9.17) is 0 Å². The molecule has 0 heterocycles. The standard InChI is InChI=1S/C15H20F3NO/c1-10-6-7-12(8-10)14(19-2)11-4-3-5-13(9-11)20-15(16,17)18/h3-5,9-10,12,14,19H,6-8H2,1-2H3. The first-order valence-corrected chi connectivity index (χ1v) is 6.92. The molecular weight excluding hydrogens is 267 g/mol. The molecule has 0 spiro atoms. The van der Waals surface area contributed by atoms with E-state index in [0.29, 0.717) is 11.8 Å². The molecule has 0 aliphatic heterocycles. The molecule has 0 bridgehead atoms. The molecule has 2 rings (SSSR count). The van der Waals surface area contributed by atoms with E-state index < -0.39 is 6.36 Å². The van der Waals surface area contributed by atoms with Crippen LogP contribution in [0.3, 0.4) is 0 Å². The summed E-state index contributed by atoms with van der Waals surface area (Å²) in [5.74, 6) is 1.00. The van der Waals surface area contributed by atoms with Crippen LogP contribution in [-0.2, 0) is 0 Å². The molecule has 5 heteroatoms. The number of benzene rings is 1. The van der Waals surface area contributed by atoms with Gasteiger partial charge in [-0.1, -0.05) is 25.5 Å². The highest BCUT2D eigenvalue weighted by Gasteiger charge is 2.32. The Hall–Kier alpha value is -1.23. The van der Waals surface area contributed by atoms with E-state index in [0.717, 1.165) is 18.4 Å². The van der Waals surface area contributed by atoms with E-state index >= 15 is 0 Å². The van der Waals surface area contributed by atoms with Crippen molar-refractivity contribution in [2.45, 2.75) is 38.6 Å². The van der Waals surface area contributed by atoms with Crippen LogP contribution >= 0.6 is 0 Å². The summed E-state index contributed by atoms with van der Waals surface area (Å²) in [5, 5.41) is 3.23. The van der Waals surface area contributed by atoms with Gasteiger partial charge in [-0.2, -0.15) is 0 Å². The second-order valence-electron chi connectivity index (χ2n) is 5.56. The Morgan fingerprint density at radius 2 is 2.05 bits per heavy atom. The number of halogens is 3. The Labute approximate surface area is 117 Å². The van der Waals surface area contributed by atoms with Crippen molar-refractivity contribution in [3.05, 3.63) is 29.8 Å². The summed E-state index contributed by atoms with van der Waals surface area (Å²) in [6.07, 6.45) is -1.25. The number of hydrogen-bond donors (Lipinski definition) is 1. The predicted molar refractivity (Wildman–Crippen MR) is 71.4 cm³/mol. The highest BCUT2D eigenvalue weighted by Crippen LogP contribution is 2.39. The topological polar surface area (TPSA) is 21.3 Å². The third kappa shape index (κ3) is 3.88. The normalized spacial score (nSPS) is 24.6. The maximum absolute atomic E-state index is 12.3. The van der Waals surface area contributed by atoms with Crippen molar-refractivity contribution in [2.75, 3.05) is 7.05 Å². The summed E-state index contributed by atoms with van der Waals surface area (Å²) in [7, 11) is 1.85. The molecule has 0 aromatic heterocycles. The molecule has 3 unspecified atom stereocenters. The van der Waals surface area contributed by atoms with E-state index in [1.54, 1.807) is 6.07 Å². The molecule has 0 radical (unpaired) electrons. The quantitative estimate of drug-likeness (QED) is 0.892. The molecule has 1 aromatic rings. The summed E-state index contributed by atoms with van der Waals surface area (Å²) in [6.45, 7) is 2.22. The largest absolute Gasteiger partial charge is 0.573 e. The molecule has 1 aliphatic rings. The molecule has 1 aliphatic carbocycles. The minimum atomic E-state index is -4.64. The fraction of sp³-hybridized carbons (Fsp3) is 0.600. The molecule has 1 saturated carbocycles. The fourth-order valence-corrected chi connectivity index (χ4v) is 3.13. The Balaban J connectivity index is 2.15. The summed E-state index contributed by atoms with van der Waals surface area (Å²) < 4.78 is 40.8. The molecule has 3 atom stereocenters. The molecule has 0 saturated heterocycles. The van der Waals surface area contributed by atoms with Crippen molar-refractivity contribution < 1.29 is 17.9 Å². The van der Waals surface area contributed by atoms with Crippen LogP contribution < -0.4 is 10.1 Å². The molecule has 112 valence electrons. The lowest BCUT2D eigenvalue weighted by Crippen LogP contribution is -2.24. The van der Waals surface area contributed by atoms with Gasteiger partial charge in [0.1, 0.15) is 5.75 Å². The lowest BCUT2D eigenvalue weighted by molar-refractivity contribution is -0.274. The van der Waals surface area contributed by atoms with Gasteiger partial charge >= 0.3 is 6.36 Å². The van der Waals surface area contributed by atoms with Crippen molar-refractivity contribution in [1.29, 1.82) is 0 Å². The zero-order valence-electron chi connectivity index (χ0n) is 11.7. The summed E-state index contributed by atoms with van der Waals surface area (Å²) in [6, 6.07) is 6.36. The highest BCUT2D eigenvalue weighted by atomic mass is 19.4. The van der Waals surface area contributed by atoms with Crippen LogP contribution in [-0.4, -0.2) is 13.4 Å². The van der Waals surface area contributed by atoms with Gasteiger partial charge in [0.25, 0.3) is 0 Å². The Morgan fingerprint density at radius 3 is 2.60 bits per heavy atom. The second kappa shape index (κ2) is 6.04. The molecular formula is C15H20F3NO. The first-order valence-electron chi connectivity index (χ1n) is 6.92. The lowest BCUT2D eigenvalue weighted by atomic mass is 9.91. The van der Waals surface area contributed by atoms with Crippen LogP contribution in [0.2, 0.25) is 0 Å². The number of alkyl halides is 3. The Morgan fingerprint density at radius 1 is 1.30 bits per heavy atom. The minimum absolute atomic E-state index is 0.0803. The highest BCUT2D eigenvalue weighted by molar-refractivity contribution is 5.31. The van der Waals surface area contributed by atoms with Crippen molar-refractivity contribution in [2.24, 2.45) is 11.8 Å². The maximum Gasteiger partial charge on any atom is 0.573 e. The van der Waals surface area contributed by atoms with Crippen LogP contribution in [0.25, 0.3) is 0 Å². The molecule has 1 fully saturated rings. The van der Waals surface area contributed by atoms with Crippen molar-refractivity contribution in [3.8, 4) is 5.75 Å². The van der Waals surface area contributed by atoms with E-state index in [2.05, 4.69) is 17.0 Å². The summed E-state index contributed by atoms with van der Waals surface area (Å²) in [5.41, 5.74) is 0.855. The molecule has 20 heavy (non-hydrogen) atoms. The van der Waals surface area contributed by atoms with Gasteiger partial charge in [0.05, 0.1) is 0 Å². The van der Waals surface area contributed by atoms with Crippen LogP contribution in [0.5, 0.6) is 5.75 Å². The number of ether oxygens (including phenoxy) is 1. The van der Waals surface area contributed by atoms with E-state index in [-0.39, 0.29) is 11.8 Å². The number of hydrogen-bond acceptors (Lipinski definition) is 2. The Kier molecular flexibility index (Phi) is 4.58. The number of nitrogens with one attached hydrogen (secondary N) is 1. The monoisotopic (exact) mass is 287 g/mol. The predicted octanol–water partition coefficient (Wildman–Crippen LogP) is 4.28. The molecule has 1 N–H and O–H groups in total. The van der Waals surface area contributed by atoms with Gasteiger partial charge in [-0.15, -0.1) is 13.2 Å². The zero-order valence-corrected chi connectivity index (χ0v) is 11.7.